The first kappa shape index (κ1) is 18.0. The average Bonchev–Trinajstić information content (AvgIpc) is 3.27. The smallest absolute Gasteiger partial charge is 0.259 e. The molecule has 0 atom stereocenters. The van der Waals surface area contributed by atoms with Gasteiger partial charge in [-0.15, -0.1) is 0 Å². The van der Waals surface area contributed by atoms with Crippen LogP contribution in [0, 0.1) is 13.8 Å². The standard InChI is InChI=1S/C16H17N5O4S2/c1-10-14(11(2)25-17-10)16(22)20-6-8-21(9-7-20)27(23,24)13-5-3-4-12-15(13)19-26-18-12/h3-5H,6-9H2,1-2H3. The van der Waals surface area contributed by atoms with Gasteiger partial charge in [-0.3, -0.25) is 4.79 Å². The fourth-order valence-corrected chi connectivity index (χ4v) is 5.38. The van der Waals surface area contributed by atoms with Gasteiger partial charge < -0.3 is 9.42 Å². The maximum Gasteiger partial charge on any atom is 0.259 e. The first-order valence-electron chi connectivity index (χ1n) is 8.33. The second kappa shape index (κ2) is 6.66. The van der Waals surface area contributed by atoms with E-state index in [2.05, 4.69) is 13.9 Å². The van der Waals surface area contributed by atoms with E-state index < -0.39 is 10.0 Å². The van der Waals surface area contributed by atoms with Gasteiger partial charge in [0.05, 0.1) is 17.4 Å². The van der Waals surface area contributed by atoms with Crippen molar-refractivity contribution in [2.24, 2.45) is 0 Å². The molecule has 142 valence electrons. The van der Waals surface area contributed by atoms with Gasteiger partial charge in [0.1, 0.15) is 27.3 Å². The van der Waals surface area contributed by atoms with Crippen LogP contribution in [0.1, 0.15) is 21.8 Å². The molecule has 0 unspecified atom stereocenters. The summed E-state index contributed by atoms with van der Waals surface area (Å²) >= 11 is 0.985. The molecule has 1 saturated heterocycles. The molecule has 9 nitrogen and oxygen atoms in total. The SMILES string of the molecule is Cc1noc(C)c1C(=O)N1CCN(S(=O)(=O)c2cccc3nsnc23)CC1. The van der Waals surface area contributed by atoms with Crippen LogP contribution in [0.15, 0.2) is 27.6 Å². The zero-order chi connectivity index (χ0) is 19.2. The quantitative estimate of drug-likeness (QED) is 0.646. The summed E-state index contributed by atoms with van der Waals surface area (Å²) in [4.78, 5) is 14.5. The van der Waals surface area contributed by atoms with E-state index in [1.54, 1.807) is 36.9 Å². The van der Waals surface area contributed by atoms with Crippen molar-refractivity contribution >= 4 is 38.7 Å². The zero-order valence-corrected chi connectivity index (χ0v) is 16.4. The van der Waals surface area contributed by atoms with Crippen LogP contribution in [0.4, 0.5) is 0 Å². The highest BCUT2D eigenvalue weighted by Crippen LogP contribution is 2.25. The summed E-state index contributed by atoms with van der Waals surface area (Å²) in [7, 11) is -3.71. The van der Waals surface area contributed by atoms with Crippen LogP contribution in [0.25, 0.3) is 11.0 Å². The molecule has 11 heteroatoms. The van der Waals surface area contributed by atoms with Crippen molar-refractivity contribution in [1.82, 2.24) is 23.1 Å². The van der Waals surface area contributed by atoms with E-state index >= 15 is 0 Å². The van der Waals surface area contributed by atoms with Crippen molar-refractivity contribution in [1.29, 1.82) is 0 Å². The number of aryl methyl sites for hydroxylation is 2. The van der Waals surface area contributed by atoms with Gasteiger partial charge >= 0.3 is 0 Å². The molecular formula is C16H17N5O4S2. The number of carbonyl (C=O) groups is 1. The van der Waals surface area contributed by atoms with E-state index in [0.717, 1.165) is 11.7 Å². The Bertz CT molecular complexity index is 1090. The van der Waals surface area contributed by atoms with Crippen molar-refractivity contribution in [3.8, 4) is 0 Å². The Morgan fingerprint density at radius 2 is 1.89 bits per heavy atom. The molecule has 0 bridgehead atoms. The number of benzene rings is 1. The van der Waals surface area contributed by atoms with E-state index in [0.29, 0.717) is 41.1 Å². The molecule has 1 amide bonds. The number of hydrogen-bond acceptors (Lipinski definition) is 8. The second-order valence-electron chi connectivity index (χ2n) is 6.28. The van der Waals surface area contributed by atoms with Gasteiger partial charge in [-0.1, -0.05) is 11.2 Å². The van der Waals surface area contributed by atoms with Crippen LogP contribution in [-0.2, 0) is 10.0 Å². The van der Waals surface area contributed by atoms with Crippen molar-refractivity contribution in [2.75, 3.05) is 26.2 Å². The molecular weight excluding hydrogens is 390 g/mol. The van der Waals surface area contributed by atoms with E-state index in [4.69, 9.17) is 4.52 Å². The second-order valence-corrected chi connectivity index (χ2v) is 8.72. The summed E-state index contributed by atoms with van der Waals surface area (Å²) < 4.78 is 40.8. The Morgan fingerprint density at radius 3 is 2.56 bits per heavy atom. The molecule has 2 aromatic heterocycles. The summed E-state index contributed by atoms with van der Waals surface area (Å²) in [5, 5.41) is 3.81. The summed E-state index contributed by atoms with van der Waals surface area (Å²) in [6.45, 7) is 4.43. The van der Waals surface area contributed by atoms with Crippen LogP contribution < -0.4 is 0 Å². The number of hydrogen-bond donors (Lipinski definition) is 0. The predicted molar refractivity (Wildman–Crippen MR) is 98.1 cm³/mol. The largest absolute Gasteiger partial charge is 0.361 e. The lowest BCUT2D eigenvalue weighted by molar-refractivity contribution is 0.0695. The Hall–Kier alpha value is -2.37. The number of nitrogens with zero attached hydrogens (tertiary/aromatic N) is 5. The fourth-order valence-electron chi connectivity index (χ4n) is 3.21. The van der Waals surface area contributed by atoms with E-state index in [9.17, 15) is 13.2 Å². The van der Waals surface area contributed by atoms with E-state index in [1.165, 1.54) is 4.31 Å². The lowest BCUT2D eigenvalue weighted by Gasteiger charge is -2.34. The van der Waals surface area contributed by atoms with Gasteiger partial charge in [0.15, 0.2) is 0 Å². The van der Waals surface area contributed by atoms with Gasteiger partial charge in [0.2, 0.25) is 10.0 Å². The minimum atomic E-state index is -3.71. The number of piperazine rings is 1. The Labute approximate surface area is 159 Å². The number of aromatic nitrogens is 3. The van der Waals surface area contributed by atoms with E-state index in [1.807, 2.05) is 0 Å². The molecule has 0 saturated carbocycles. The highest BCUT2D eigenvalue weighted by Gasteiger charge is 2.33. The third kappa shape index (κ3) is 3.01. The van der Waals surface area contributed by atoms with Crippen molar-refractivity contribution in [3.05, 3.63) is 35.2 Å². The van der Waals surface area contributed by atoms with Crippen molar-refractivity contribution in [2.45, 2.75) is 18.7 Å². The number of carbonyl (C=O) groups excluding carboxylic acids is 1. The van der Waals surface area contributed by atoms with Crippen molar-refractivity contribution < 1.29 is 17.7 Å². The highest BCUT2D eigenvalue weighted by molar-refractivity contribution is 7.89. The number of fused-ring (bicyclic) bond motifs is 1. The summed E-state index contributed by atoms with van der Waals surface area (Å²) in [6, 6.07) is 4.94. The minimum Gasteiger partial charge on any atom is -0.361 e. The molecule has 1 aliphatic heterocycles. The van der Waals surface area contributed by atoms with Crippen LogP contribution in [0.3, 0.4) is 0 Å². The molecule has 1 aromatic carbocycles. The normalized spacial score (nSPS) is 16.1. The van der Waals surface area contributed by atoms with Gasteiger partial charge in [-0.2, -0.15) is 13.1 Å². The summed E-state index contributed by atoms with van der Waals surface area (Å²) in [5.41, 5.74) is 1.94. The molecule has 0 spiro atoms. The summed E-state index contributed by atoms with van der Waals surface area (Å²) in [6.07, 6.45) is 0. The van der Waals surface area contributed by atoms with E-state index in [-0.39, 0.29) is 23.9 Å². The monoisotopic (exact) mass is 407 g/mol. The third-order valence-corrected chi connectivity index (χ3v) is 7.11. The number of amides is 1. The number of sulfonamides is 1. The Morgan fingerprint density at radius 1 is 1.15 bits per heavy atom. The molecule has 0 radical (unpaired) electrons. The molecule has 3 heterocycles. The minimum absolute atomic E-state index is 0.152. The number of rotatable bonds is 3. The maximum atomic E-state index is 13.0. The molecule has 3 aromatic rings. The van der Waals surface area contributed by atoms with Gasteiger partial charge in [-0.05, 0) is 26.0 Å². The highest BCUT2D eigenvalue weighted by atomic mass is 32.2. The van der Waals surface area contributed by atoms with Crippen molar-refractivity contribution in [3.63, 3.8) is 0 Å². The van der Waals surface area contributed by atoms with Gasteiger partial charge in [-0.25, -0.2) is 8.42 Å². The van der Waals surface area contributed by atoms with Crippen LogP contribution in [0.5, 0.6) is 0 Å². The van der Waals surface area contributed by atoms with Gasteiger partial charge in [0.25, 0.3) is 5.91 Å². The van der Waals surface area contributed by atoms with Crippen LogP contribution in [0.2, 0.25) is 0 Å². The third-order valence-electron chi connectivity index (χ3n) is 4.64. The first-order valence-corrected chi connectivity index (χ1v) is 10.5. The molecule has 1 fully saturated rings. The van der Waals surface area contributed by atoms with Crippen LogP contribution >= 0.6 is 11.7 Å². The Balaban J connectivity index is 1.54. The Kier molecular flexibility index (Phi) is 4.44. The molecule has 1 aliphatic rings. The van der Waals surface area contributed by atoms with Gasteiger partial charge in [0, 0.05) is 26.2 Å². The van der Waals surface area contributed by atoms with Crippen LogP contribution in [-0.4, -0.2) is 63.6 Å². The summed E-state index contributed by atoms with van der Waals surface area (Å²) in [5.74, 6) is 0.282. The fraction of sp³-hybridized carbons (Fsp3) is 0.375. The molecule has 4 rings (SSSR count). The molecule has 27 heavy (non-hydrogen) atoms. The maximum absolute atomic E-state index is 13.0. The lowest BCUT2D eigenvalue weighted by atomic mass is 10.1. The predicted octanol–water partition coefficient (Wildman–Crippen LogP) is 1.44. The zero-order valence-electron chi connectivity index (χ0n) is 14.7. The first-order chi connectivity index (χ1) is 12.9. The topological polar surface area (TPSA) is 110 Å². The molecule has 0 N–H and O–H groups in total. The lowest BCUT2D eigenvalue weighted by Crippen LogP contribution is -2.50. The molecule has 0 aliphatic carbocycles. The average molecular weight is 407 g/mol.